The number of phenolic OH excluding ortho intramolecular Hbond substituents is 1. The molecule has 1 aromatic rings. The molecule has 0 spiro atoms. The summed E-state index contributed by atoms with van der Waals surface area (Å²) in [5.41, 5.74) is 2.79. The average molecular weight is 347 g/mol. The van der Waals surface area contributed by atoms with E-state index in [0.717, 1.165) is 29.5 Å². The van der Waals surface area contributed by atoms with Crippen molar-refractivity contribution in [2.75, 3.05) is 7.05 Å². The third-order valence-electron chi connectivity index (χ3n) is 5.74. The van der Waals surface area contributed by atoms with Gasteiger partial charge in [-0.1, -0.05) is 12.1 Å². The maximum absolute atomic E-state index is 12.3. The van der Waals surface area contributed by atoms with Crippen molar-refractivity contribution < 1.29 is 14.6 Å². The van der Waals surface area contributed by atoms with Gasteiger partial charge in [-0.3, -0.25) is 9.69 Å². The summed E-state index contributed by atoms with van der Waals surface area (Å²) < 4.78 is 5.80. The van der Waals surface area contributed by atoms with Crippen LogP contribution in [0.2, 0.25) is 0 Å². The van der Waals surface area contributed by atoms with E-state index in [1.54, 1.807) is 0 Å². The van der Waals surface area contributed by atoms with Gasteiger partial charge in [0, 0.05) is 30.3 Å². The number of carbonyl (C=O) groups excluding carboxylic acids is 1. The van der Waals surface area contributed by atoms with Gasteiger partial charge in [0.05, 0.1) is 0 Å². The molecule has 0 aliphatic carbocycles. The minimum atomic E-state index is -0.135. The third kappa shape index (κ3) is 4.55. The first-order chi connectivity index (χ1) is 11.4. The summed E-state index contributed by atoms with van der Waals surface area (Å²) >= 11 is 0. The number of hydrogen-bond donors (Lipinski definition) is 1. The second-order valence-electron chi connectivity index (χ2n) is 8.78. The van der Waals surface area contributed by atoms with Crippen molar-refractivity contribution in [3.8, 4) is 5.75 Å². The lowest BCUT2D eigenvalue weighted by atomic mass is 9.79. The Morgan fingerprint density at radius 3 is 2.12 bits per heavy atom. The monoisotopic (exact) mass is 347 g/mol. The first-order valence-electron chi connectivity index (χ1n) is 9.15. The van der Waals surface area contributed by atoms with E-state index in [-0.39, 0.29) is 23.2 Å². The highest BCUT2D eigenvalue weighted by atomic mass is 16.5. The summed E-state index contributed by atoms with van der Waals surface area (Å²) in [5, 5.41) is 9.85. The summed E-state index contributed by atoms with van der Waals surface area (Å²) in [5.74, 6) is 0.201. The predicted octanol–water partition coefficient (Wildman–Crippen LogP) is 4.14. The molecule has 0 aromatic heterocycles. The fraction of sp³-hybridized carbons (Fsp3) is 0.667. The maximum Gasteiger partial charge on any atom is 0.306 e. The minimum absolute atomic E-state index is 0.0118. The van der Waals surface area contributed by atoms with Crippen LogP contribution in [-0.4, -0.2) is 40.2 Å². The Bertz CT molecular complexity index is 608. The molecule has 0 unspecified atom stereocenters. The zero-order valence-electron chi connectivity index (χ0n) is 16.8. The number of aryl methyl sites for hydroxylation is 3. The van der Waals surface area contributed by atoms with Crippen LogP contribution in [0.25, 0.3) is 0 Å². The van der Waals surface area contributed by atoms with Gasteiger partial charge in [-0.2, -0.15) is 0 Å². The van der Waals surface area contributed by atoms with E-state index in [1.165, 1.54) is 0 Å². The molecule has 140 valence electrons. The Kier molecular flexibility index (Phi) is 5.53. The van der Waals surface area contributed by atoms with Crippen molar-refractivity contribution >= 4 is 5.97 Å². The van der Waals surface area contributed by atoms with Crippen LogP contribution in [-0.2, 0) is 16.0 Å². The Labute approximate surface area is 152 Å². The molecule has 0 bridgehead atoms. The molecule has 1 fully saturated rings. The van der Waals surface area contributed by atoms with Crippen molar-refractivity contribution in [2.24, 2.45) is 0 Å². The highest BCUT2D eigenvalue weighted by Crippen LogP contribution is 2.38. The SMILES string of the molecule is Cc1cc(CCC(=O)OC2CC(C)(C)N(C)C(C)(C)C2)cc(C)c1O. The lowest BCUT2D eigenvalue weighted by Crippen LogP contribution is -2.60. The molecule has 0 atom stereocenters. The van der Waals surface area contributed by atoms with E-state index in [4.69, 9.17) is 4.74 Å². The van der Waals surface area contributed by atoms with Crippen molar-refractivity contribution in [3.63, 3.8) is 0 Å². The van der Waals surface area contributed by atoms with E-state index in [0.29, 0.717) is 18.6 Å². The minimum Gasteiger partial charge on any atom is -0.507 e. The Balaban J connectivity index is 1.94. The molecule has 1 heterocycles. The van der Waals surface area contributed by atoms with Gasteiger partial charge in [0.25, 0.3) is 0 Å². The van der Waals surface area contributed by atoms with Crippen LogP contribution in [0.3, 0.4) is 0 Å². The fourth-order valence-electron chi connectivity index (χ4n) is 4.04. The molecule has 0 radical (unpaired) electrons. The second kappa shape index (κ2) is 6.99. The van der Waals surface area contributed by atoms with Crippen molar-refractivity contribution in [1.82, 2.24) is 4.90 Å². The van der Waals surface area contributed by atoms with Crippen LogP contribution in [0.1, 0.15) is 63.6 Å². The van der Waals surface area contributed by atoms with Gasteiger partial charge in [-0.05, 0) is 71.7 Å². The number of esters is 1. The lowest BCUT2D eigenvalue weighted by molar-refractivity contribution is -0.158. The summed E-state index contributed by atoms with van der Waals surface area (Å²) in [7, 11) is 2.15. The standard InChI is InChI=1S/C21H33NO3/c1-14-10-16(11-15(2)19(14)24)8-9-18(23)25-17-12-20(3,4)22(7)21(5,6)13-17/h10-11,17,24H,8-9,12-13H2,1-7H3. The van der Waals surface area contributed by atoms with E-state index in [2.05, 4.69) is 39.6 Å². The van der Waals surface area contributed by atoms with Crippen molar-refractivity contribution in [1.29, 1.82) is 0 Å². The number of phenols is 1. The maximum atomic E-state index is 12.3. The average Bonchev–Trinajstić information content (AvgIpc) is 2.47. The van der Waals surface area contributed by atoms with Gasteiger partial charge in [0.1, 0.15) is 11.9 Å². The Hall–Kier alpha value is -1.55. The van der Waals surface area contributed by atoms with Crippen LogP contribution < -0.4 is 0 Å². The first kappa shape index (κ1) is 19.8. The number of aromatic hydroxyl groups is 1. The molecule has 2 rings (SSSR count). The smallest absolute Gasteiger partial charge is 0.306 e. The van der Waals surface area contributed by atoms with Crippen LogP contribution in [0, 0.1) is 13.8 Å². The molecule has 1 aliphatic rings. The second-order valence-corrected chi connectivity index (χ2v) is 8.78. The molecule has 25 heavy (non-hydrogen) atoms. The molecule has 1 N–H and O–H groups in total. The number of nitrogens with zero attached hydrogens (tertiary/aromatic N) is 1. The number of ether oxygens (including phenoxy) is 1. The van der Waals surface area contributed by atoms with Crippen LogP contribution in [0.4, 0.5) is 0 Å². The number of rotatable bonds is 4. The quantitative estimate of drug-likeness (QED) is 0.832. The molecule has 4 heteroatoms. The van der Waals surface area contributed by atoms with Crippen LogP contribution in [0.15, 0.2) is 12.1 Å². The van der Waals surface area contributed by atoms with Gasteiger partial charge < -0.3 is 9.84 Å². The summed E-state index contributed by atoms with van der Waals surface area (Å²) in [6.45, 7) is 12.6. The van der Waals surface area contributed by atoms with Gasteiger partial charge in [-0.25, -0.2) is 0 Å². The number of benzene rings is 1. The van der Waals surface area contributed by atoms with Gasteiger partial charge in [-0.15, -0.1) is 0 Å². The zero-order chi connectivity index (χ0) is 19.0. The zero-order valence-corrected chi connectivity index (χ0v) is 16.8. The third-order valence-corrected chi connectivity index (χ3v) is 5.74. The van der Waals surface area contributed by atoms with Gasteiger partial charge in [0.2, 0.25) is 0 Å². The van der Waals surface area contributed by atoms with Gasteiger partial charge in [0.15, 0.2) is 0 Å². The highest BCUT2D eigenvalue weighted by molar-refractivity contribution is 5.70. The van der Waals surface area contributed by atoms with E-state index in [1.807, 2.05) is 26.0 Å². The lowest BCUT2D eigenvalue weighted by Gasteiger charge is -2.53. The number of likely N-dealkylation sites (tertiary alicyclic amines) is 1. The molecule has 1 saturated heterocycles. The summed E-state index contributed by atoms with van der Waals surface area (Å²) in [6, 6.07) is 3.88. The summed E-state index contributed by atoms with van der Waals surface area (Å²) in [6.07, 6.45) is 2.69. The fourth-order valence-corrected chi connectivity index (χ4v) is 4.04. The molecule has 4 nitrogen and oxygen atoms in total. The molecular formula is C21H33NO3. The Morgan fingerprint density at radius 2 is 1.64 bits per heavy atom. The van der Waals surface area contributed by atoms with Crippen LogP contribution in [0.5, 0.6) is 5.75 Å². The predicted molar refractivity (Wildman–Crippen MR) is 101 cm³/mol. The largest absolute Gasteiger partial charge is 0.507 e. The summed E-state index contributed by atoms with van der Waals surface area (Å²) in [4.78, 5) is 14.7. The highest BCUT2D eigenvalue weighted by Gasteiger charge is 2.44. The van der Waals surface area contributed by atoms with Crippen LogP contribution >= 0.6 is 0 Å². The first-order valence-corrected chi connectivity index (χ1v) is 9.15. The molecule has 1 aromatic carbocycles. The molecular weight excluding hydrogens is 314 g/mol. The number of piperidine rings is 1. The van der Waals surface area contributed by atoms with E-state index < -0.39 is 0 Å². The topological polar surface area (TPSA) is 49.8 Å². The normalized spacial score (nSPS) is 20.4. The molecule has 0 saturated carbocycles. The molecule has 1 aliphatic heterocycles. The van der Waals surface area contributed by atoms with E-state index >= 15 is 0 Å². The number of carbonyl (C=O) groups is 1. The van der Waals surface area contributed by atoms with Crippen molar-refractivity contribution in [2.45, 2.75) is 84.4 Å². The molecule has 0 amide bonds. The van der Waals surface area contributed by atoms with Gasteiger partial charge >= 0.3 is 5.97 Å². The number of hydrogen-bond acceptors (Lipinski definition) is 4. The van der Waals surface area contributed by atoms with Crippen molar-refractivity contribution in [3.05, 3.63) is 28.8 Å². The Morgan fingerprint density at radius 1 is 1.16 bits per heavy atom. The van der Waals surface area contributed by atoms with E-state index in [9.17, 15) is 9.90 Å².